The fraction of sp³-hybridized carbons (Fsp3) is 0.0833. The van der Waals surface area contributed by atoms with E-state index >= 15 is 0 Å². The zero-order valence-electron chi connectivity index (χ0n) is 16.5. The largest absolute Gasteiger partial charge is 0.497 e. The van der Waals surface area contributed by atoms with Gasteiger partial charge in [0, 0.05) is 17.2 Å². The molecule has 2 aromatic heterocycles. The standard InChI is InChI=1S/C24H18N2O2S2/c1-27-16-12-11-15(20(14-16)28-2)13-17(23-25-18-7-3-5-9-21(18)29-23)24-26-19-8-4-6-10-22(19)30-24/h3-14H,1-2H3. The van der Waals surface area contributed by atoms with E-state index in [-0.39, 0.29) is 0 Å². The molecule has 6 heteroatoms. The first-order valence-corrected chi connectivity index (χ1v) is 11.0. The van der Waals surface area contributed by atoms with Crippen LogP contribution in [0.5, 0.6) is 11.5 Å². The number of rotatable bonds is 5. The summed E-state index contributed by atoms with van der Waals surface area (Å²) in [6.07, 6.45) is 2.10. The minimum Gasteiger partial charge on any atom is -0.497 e. The van der Waals surface area contributed by atoms with Crippen LogP contribution >= 0.6 is 22.7 Å². The highest BCUT2D eigenvalue weighted by atomic mass is 32.1. The topological polar surface area (TPSA) is 44.2 Å². The van der Waals surface area contributed by atoms with Crippen LogP contribution in [0.15, 0.2) is 66.7 Å². The van der Waals surface area contributed by atoms with E-state index < -0.39 is 0 Å². The Hall–Kier alpha value is -3.22. The second kappa shape index (κ2) is 7.89. The number of ether oxygens (including phenoxy) is 2. The normalized spacial score (nSPS) is 11.0. The number of fused-ring (bicyclic) bond motifs is 2. The quantitative estimate of drug-likeness (QED) is 0.319. The van der Waals surface area contributed by atoms with E-state index in [0.29, 0.717) is 0 Å². The highest BCUT2D eigenvalue weighted by Crippen LogP contribution is 2.38. The van der Waals surface area contributed by atoms with Gasteiger partial charge >= 0.3 is 0 Å². The minimum atomic E-state index is 0.745. The molecule has 0 aliphatic heterocycles. The molecule has 148 valence electrons. The van der Waals surface area contributed by atoms with Crippen molar-refractivity contribution in [3.63, 3.8) is 0 Å². The van der Waals surface area contributed by atoms with Crippen LogP contribution in [0, 0.1) is 0 Å². The Morgan fingerprint density at radius 1 is 0.767 bits per heavy atom. The summed E-state index contributed by atoms with van der Waals surface area (Å²) >= 11 is 3.34. The molecule has 4 nitrogen and oxygen atoms in total. The van der Waals surface area contributed by atoms with Crippen molar-refractivity contribution < 1.29 is 9.47 Å². The molecular formula is C24H18N2O2S2. The van der Waals surface area contributed by atoms with Crippen molar-refractivity contribution in [2.24, 2.45) is 0 Å². The average Bonchev–Trinajstić information content (AvgIpc) is 3.41. The molecule has 0 saturated heterocycles. The van der Waals surface area contributed by atoms with Gasteiger partial charge in [0.05, 0.1) is 34.7 Å². The van der Waals surface area contributed by atoms with Crippen molar-refractivity contribution in [3.8, 4) is 11.5 Å². The lowest BCUT2D eigenvalue weighted by molar-refractivity contribution is 0.394. The summed E-state index contributed by atoms with van der Waals surface area (Å²) in [6, 6.07) is 22.2. The molecule has 5 rings (SSSR count). The third kappa shape index (κ3) is 3.44. The van der Waals surface area contributed by atoms with Crippen LogP contribution in [0.25, 0.3) is 32.1 Å². The number of aromatic nitrogens is 2. The summed E-state index contributed by atoms with van der Waals surface area (Å²) in [5, 5.41) is 1.88. The lowest BCUT2D eigenvalue weighted by atomic mass is 10.1. The van der Waals surface area contributed by atoms with Gasteiger partial charge in [0.25, 0.3) is 0 Å². The zero-order valence-corrected chi connectivity index (χ0v) is 18.1. The van der Waals surface area contributed by atoms with Crippen LogP contribution < -0.4 is 9.47 Å². The number of hydrogen-bond acceptors (Lipinski definition) is 6. The molecule has 0 radical (unpaired) electrons. The summed E-state index contributed by atoms with van der Waals surface area (Å²) in [6.45, 7) is 0. The highest BCUT2D eigenvalue weighted by Gasteiger charge is 2.17. The van der Waals surface area contributed by atoms with Gasteiger partial charge in [-0.2, -0.15) is 0 Å². The third-order valence-corrected chi connectivity index (χ3v) is 6.93. The number of hydrogen-bond donors (Lipinski definition) is 0. The van der Waals surface area contributed by atoms with Crippen molar-refractivity contribution in [2.75, 3.05) is 14.2 Å². The Balaban J connectivity index is 1.73. The van der Waals surface area contributed by atoms with Crippen molar-refractivity contribution >= 4 is 54.8 Å². The summed E-state index contributed by atoms with van der Waals surface area (Å²) < 4.78 is 13.3. The van der Waals surface area contributed by atoms with Crippen LogP contribution in [-0.2, 0) is 0 Å². The lowest BCUT2D eigenvalue weighted by Crippen LogP contribution is -1.92. The van der Waals surface area contributed by atoms with E-state index in [1.54, 1.807) is 36.9 Å². The first-order valence-electron chi connectivity index (χ1n) is 9.41. The maximum Gasteiger partial charge on any atom is 0.129 e. The Morgan fingerprint density at radius 3 is 1.90 bits per heavy atom. The van der Waals surface area contributed by atoms with E-state index in [1.807, 2.05) is 54.6 Å². The second-order valence-corrected chi connectivity index (χ2v) is 8.70. The fourth-order valence-corrected chi connectivity index (χ4v) is 5.31. The molecular weight excluding hydrogens is 412 g/mol. The molecule has 0 aliphatic rings. The number of para-hydroxylation sites is 2. The Kier molecular flexibility index (Phi) is 4.94. The predicted octanol–water partition coefficient (Wildman–Crippen LogP) is 6.51. The molecule has 0 aliphatic carbocycles. The first-order chi connectivity index (χ1) is 14.7. The second-order valence-electron chi connectivity index (χ2n) is 6.64. The summed E-state index contributed by atoms with van der Waals surface area (Å²) in [5.41, 5.74) is 3.92. The van der Waals surface area contributed by atoms with E-state index in [0.717, 1.165) is 53.1 Å². The molecule has 0 N–H and O–H groups in total. The molecule has 2 heterocycles. The molecule has 0 amide bonds. The third-order valence-electron chi connectivity index (χ3n) is 4.79. The van der Waals surface area contributed by atoms with Crippen molar-refractivity contribution in [1.82, 2.24) is 9.97 Å². The fourth-order valence-electron chi connectivity index (χ4n) is 3.28. The molecule has 0 fully saturated rings. The Bertz CT molecular complexity index is 1240. The van der Waals surface area contributed by atoms with Gasteiger partial charge in [-0.25, -0.2) is 9.97 Å². The van der Waals surface area contributed by atoms with Gasteiger partial charge < -0.3 is 9.47 Å². The number of benzene rings is 3. The van der Waals surface area contributed by atoms with Gasteiger partial charge in [-0.3, -0.25) is 0 Å². The van der Waals surface area contributed by atoms with Crippen LogP contribution in [-0.4, -0.2) is 24.2 Å². The summed E-state index contributed by atoms with van der Waals surface area (Å²) in [7, 11) is 3.32. The summed E-state index contributed by atoms with van der Waals surface area (Å²) in [5.74, 6) is 1.50. The Morgan fingerprint density at radius 2 is 1.37 bits per heavy atom. The molecule has 0 atom stereocenters. The van der Waals surface area contributed by atoms with E-state index in [4.69, 9.17) is 19.4 Å². The Labute approximate surface area is 182 Å². The maximum atomic E-state index is 5.62. The molecule has 0 spiro atoms. The highest BCUT2D eigenvalue weighted by molar-refractivity contribution is 7.22. The van der Waals surface area contributed by atoms with Crippen molar-refractivity contribution in [2.45, 2.75) is 0 Å². The molecule has 0 bridgehead atoms. The molecule has 0 saturated carbocycles. The van der Waals surface area contributed by atoms with Crippen LogP contribution in [0.3, 0.4) is 0 Å². The minimum absolute atomic E-state index is 0.745. The molecule has 3 aromatic carbocycles. The summed E-state index contributed by atoms with van der Waals surface area (Å²) in [4.78, 5) is 9.79. The van der Waals surface area contributed by atoms with Gasteiger partial charge in [0.2, 0.25) is 0 Å². The molecule has 30 heavy (non-hydrogen) atoms. The van der Waals surface area contributed by atoms with Crippen molar-refractivity contribution in [3.05, 3.63) is 82.3 Å². The average molecular weight is 431 g/mol. The van der Waals surface area contributed by atoms with Crippen molar-refractivity contribution in [1.29, 1.82) is 0 Å². The first kappa shape index (κ1) is 18.8. The zero-order chi connectivity index (χ0) is 20.5. The van der Waals surface area contributed by atoms with Crippen LogP contribution in [0.4, 0.5) is 0 Å². The van der Waals surface area contributed by atoms with E-state index in [9.17, 15) is 0 Å². The van der Waals surface area contributed by atoms with E-state index in [1.165, 1.54) is 0 Å². The van der Waals surface area contributed by atoms with E-state index in [2.05, 4.69) is 18.2 Å². The van der Waals surface area contributed by atoms with Crippen LogP contribution in [0.1, 0.15) is 15.6 Å². The van der Waals surface area contributed by atoms with Gasteiger partial charge in [0.1, 0.15) is 21.5 Å². The number of methoxy groups -OCH3 is 2. The number of thiazole rings is 2. The smallest absolute Gasteiger partial charge is 0.129 e. The SMILES string of the molecule is COc1ccc(C=C(c2nc3ccccc3s2)c2nc3ccccc3s2)c(OC)c1. The molecule has 0 unspecified atom stereocenters. The van der Waals surface area contributed by atoms with Gasteiger partial charge in [-0.15, -0.1) is 22.7 Å². The predicted molar refractivity (Wildman–Crippen MR) is 126 cm³/mol. The van der Waals surface area contributed by atoms with Gasteiger partial charge in [-0.1, -0.05) is 24.3 Å². The monoisotopic (exact) mass is 430 g/mol. The van der Waals surface area contributed by atoms with Gasteiger partial charge in [-0.05, 0) is 42.5 Å². The molecule has 5 aromatic rings. The maximum absolute atomic E-state index is 5.62. The lowest BCUT2D eigenvalue weighted by Gasteiger charge is -2.09. The number of nitrogens with zero attached hydrogens (tertiary/aromatic N) is 2. The van der Waals surface area contributed by atoms with Crippen LogP contribution in [0.2, 0.25) is 0 Å². The van der Waals surface area contributed by atoms with Gasteiger partial charge in [0.15, 0.2) is 0 Å².